The van der Waals surface area contributed by atoms with Crippen LogP contribution in [0.4, 0.5) is 36.2 Å². The minimum atomic E-state index is -1.32. The zero-order valence-corrected chi connectivity index (χ0v) is 18.4. The highest BCUT2D eigenvalue weighted by Gasteiger charge is 2.45. The second-order valence-corrected chi connectivity index (χ2v) is 8.55. The number of benzene rings is 1. The Hall–Kier alpha value is -4.15. The van der Waals surface area contributed by atoms with Crippen LogP contribution in [0, 0.1) is 23.4 Å². The third-order valence-electron chi connectivity index (χ3n) is 6.40. The summed E-state index contributed by atoms with van der Waals surface area (Å²) < 4.78 is 41.5. The molecule has 2 atom stereocenters. The van der Waals surface area contributed by atoms with Gasteiger partial charge >= 0.3 is 0 Å². The van der Waals surface area contributed by atoms with E-state index >= 15 is 0 Å². The summed E-state index contributed by atoms with van der Waals surface area (Å²) in [7, 11) is 0. The number of piperidine rings is 1. The Morgan fingerprint density at radius 1 is 1.06 bits per heavy atom. The van der Waals surface area contributed by atoms with Gasteiger partial charge in [0, 0.05) is 36.3 Å². The number of halogens is 3. The van der Waals surface area contributed by atoms with Gasteiger partial charge in [-0.25, -0.2) is 23.1 Å². The molecule has 0 radical (unpaired) electrons. The highest BCUT2D eigenvalue weighted by atomic mass is 19.2. The van der Waals surface area contributed by atoms with E-state index < -0.39 is 35.5 Å². The normalized spacial score (nSPS) is 18.7. The third-order valence-corrected chi connectivity index (χ3v) is 6.40. The van der Waals surface area contributed by atoms with E-state index in [1.54, 1.807) is 23.2 Å². The van der Waals surface area contributed by atoms with Crippen LogP contribution in [0.1, 0.15) is 35.2 Å². The van der Waals surface area contributed by atoms with Crippen molar-refractivity contribution in [2.75, 3.05) is 15.5 Å². The van der Waals surface area contributed by atoms with Crippen LogP contribution in [0.25, 0.3) is 0 Å². The molecule has 1 aliphatic carbocycles. The number of hydrogen-bond acceptors (Lipinski definition) is 6. The molecule has 3 aromatic rings. The Kier molecular flexibility index (Phi) is 5.75. The number of nitrogens with two attached hydrogens (primary N) is 1. The molecular weight excluding hydrogens is 461 g/mol. The molecule has 0 spiro atoms. The summed E-state index contributed by atoms with van der Waals surface area (Å²) in [5, 5.41) is 5.70. The number of amides is 2. The first-order valence-electron chi connectivity index (χ1n) is 11.0. The van der Waals surface area contributed by atoms with Crippen molar-refractivity contribution in [2.45, 2.75) is 31.8 Å². The number of anilines is 4. The fourth-order valence-corrected chi connectivity index (χ4v) is 4.65. The maximum Gasteiger partial charge on any atom is 0.252 e. The number of pyridine rings is 2. The summed E-state index contributed by atoms with van der Waals surface area (Å²) in [6, 6.07) is 6.65. The first-order chi connectivity index (χ1) is 16.8. The zero-order chi connectivity index (χ0) is 24.7. The molecule has 2 fully saturated rings. The van der Waals surface area contributed by atoms with Gasteiger partial charge in [0.05, 0.1) is 23.1 Å². The molecular formula is C24H21F3N6O2. The van der Waals surface area contributed by atoms with Crippen molar-refractivity contribution in [3.63, 3.8) is 0 Å². The van der Waals surface area contributed by atoms with Crippen LogP contribution in [0.2, 0.25) is 0 Å². The van der Waals surface area contributed by atoms with E-state index in [0.717, 1.165) is 31.0 Å². The van der Waals surface area contributed by atoms with Crippen molar-refractivity contribution in [2.24, 2.45) is 11.7 Å². The lowest BCUT2D eigenvalue weighted by atomic mass is 10.1. The number of fused-ring (bicyclic) bond motifs is 2. The van der Waals surface area contributed by atoms with Gasteiger partial charge in [0.1, 0.15) is 17.5 Å². The van der Waals surface area contributed by atoms with Crippen LogP contribution in [-0.2, 0) is 11.3 Å². The molecule has 35 heavy (non-hydrogen) atoms. The van der Waals surface area contributed by atoms with Crippen LogP contribution >= 0.6 is 0 Å². The Morgan fingerprint density at radius 2 is 1.83 bits per heavy atom. The summed E-state index contributed by atoms with van der Waals surface area (Å²) in [5.74, 6) is -3.31. The summed E-state index contributed by atoms with van der Waals surface area (Å²) >= 11 is 0. The minimum absolute atomic E-state index is 0.0151. The van der Waals surface area contributed by atoms with Crippen molar-refractivity contribution in [1.82, 2.24) is 9.97 Å². The lowest BCUT2D eigenvalue weighted by Crippen LogP contribution is -2.36. The van der Waals surface area contributed by atoms with E-state index in [1.165, 1.54) is 12.3 Å². The Morgan fingerprint density at radius 3 is 2.51 bits per heavy atom. The predicted molar refractivity (Wildman–Crippen MR) is 123 cm³/mol. The van der Waals surface area contributed by atoms with Gasteiger partial charge in [0.15, 0.2) is 11.6 Å². The van der Waals surface area contributed by atoms with E-state index in [1.807, 2.05) is 0 Å². The lowest BCUT2D eigenvalue weighted by molar-refractivity contribution is -0.121. The number of nitrogens with zero attached hydrogens (tertiary/aromatic N) is 3. The zero-order valence-electron chi connectivity index (χ0n) is 18.4. The number of carbonyl (C=O) groups excluding carboxylic acids is 2. The van der Waals surface area contributed by atoms with Crippen LogP contribution in [-0.4, -0.2) is 27.8 Å². The van der Waals surface area contributed by atoms with Crippen LogP contribution < -0.4 is 21.3 Å². The van der Waals surface area contributed by atoms with Gasteiger partial charge in [-0.05, 0) is 43.5 Å². The highest BCUT2D eigenvalue weighted by Crippen LogP contribution is 2.41. The maximum absolute atomic E-state index is 14.0. The molecule has 1 aliphatic heterocycles. The average Bonchev–Trinajstić information content (AvgIpc) is 3.44. The van der Waals surface area contributed by atoms with E-state index in [2.05, 4.69) is 20.6 Å². The van der Waals surface area contributed by atoms with E-state index in [0.29, 0.717) is 11.9 Å². The monoisotopic (exact) mass is 482 g/mol. The standard InChI is InChI=1S/C24H21F3N6O2/c25-17-4-5-18(26)22(27)15(17)10-29-19-8-21(31-11-16(19)23(28)34)32-20-6-3-14(9-30-20)33-13-2-1-12(7-13)24(33)35/h3-6,8-9,11-13H,1-2,7,10H2,(H2,28,34)(H2,29,30,31,32). The number of hydrogen-bond donors (Lipinski definition) is 3. The summed E-state index contributed by atoms with van der Waals surface area (Å²) in [6.45, 7) is -0.432. The molecule has 1 saturated heterocycles. The molecule has 4 N–H and O–H groups in total. The lowest BCUT2D eigenvalue weighted by Gasteiger charge is -2.26. The number of nitrogens with one attached hydrogen (secondary N) is 2. The van der Waals surface area contributed by atoms with Gasteiger partial charge in [-0.1, -0.05) is 0 Å². The molecule has 3 heterocycles. The molecule has 2 aromatic heterocycles. The molecule has 11 heteroatoms. The maximum atomic E-state index is 14.0. The van der Waals surface area contributed by atoms with Crippen molar-refractivity contribution >= 4 is 34.8 Å². The topological polar surface area (TPSA) is 113 Å². The van der Waals surface area contributed by atoms with Crippen LogP contribution in [0.3, 0.4) is 0 Å². The van der Waals surface area contributed by atoms with Crippen molar-refractivity contribution in [3.8, 4) is 0 Å². The Balaban J connectivity index is 1.34. The van der Waals surface area contributed by atoms with Crippen molar-refractivity contribution in [3.05, 3.63) is 71.3 Å². The first kappa shape index (κ1) is 22.6. The molecule has 180 valence electrons. The second kappa shape index (κ2) is 8.90. The van der Waals surface area contributed by atoms with Crippen LogP contribution in [0.15, 0.2) is 42.7 Å². The van der Waals surface area contributed by atoms with Crippen LogP contribution in [0.5, 0.6) is 0 Å². The Bertz CT molecular complexity index is 1320. The molecule has 1 aromatic carbocycles. The van der Waals surface area contributed by atoms with Gasteiger partial charge in [-0.3, -0.25) is 9.59 Å². The predicted octanol–water partition coefficient (Wildman–Crippen LogP) is 3.86. The average molecular weight is 482 g/mol. The molecule has 2 aliphatic rings. The van der Waals surface area contributed by atoms with E-state index in [-0.39, 0.29) is 34.9 Å². The summed E-state index contributed by atoms with van der Waals surface area (Å²) in [4.78, 5) is 34.6. The highest BCUT2D eigenvalue weighted by molar-refractivity contribution is 5.99. The van der Waals surface area contributed by atoms with E-state index in [4.69, 9.17) is 5.73 Å². The quantitative estimate of drug-likeness (QED) is 0.441. The van der Waals surface area contributed by atoms with Gasteiger partial charge in [-0.2, -0.15) is 0 Å². The van der Waals surface area contributed by atoms with Gasteiger partial charge in [0.25, 0.3) is 5.91 Å². The van der Waals surface area contributed by atoms with Gasteiger partial charge in [-0.15, -0.1) is 0 Å². The molecule has 8 nitrogen and oxygen atoms in total. The molecule has 2 unspecified atom stereocenters. The molecule has 1 saturated carbocycles. The van der Waals surface area contributed by atoms with Crippen molar-refractivity contribution in [1.29, 1.82) is 0 Å². The molecule has 5 rings (SSSR count). The van der Waals surface area contributed by atoms with Gasteiger partial charge in [0.2, 0.25) is 5.91 Å². The van der Waals surface area contributed by atoms with Crippen molar-refractivity contribution < 1.29 is 22.8 Å². The largest absolute Gasteiger partial charge is 0.380 e. The third kappa shape index (κ3) is 4.25. The number of rotatable bonds is 7. The minimum Gasteiger partial charge on any atom is -0.380 e. The SMILES string of the molecule is NC(=O)c1cnc(Nc2ccc(N3C(=O)C4CCC3C4)cn2)cc1NCc1c(F)ccc(F)c1F. The second-order valence-electron chi connectivity index (χ2n) is 8.55. The fraction of sp³-hybridized carbons (Fsp3) is 0.250. The molecule has 2 bridgehead atoms. The number of aromatic nitrogens is 2. The first-order valence-corrected chi connectivity index (χ1v) is 11.0. The van der Waals surface area contributed by atoms with Gasteiger partial charge < -0.3 is 21.3 Å². The summed E-state index contributed by atoms with van der Waals surface area (Å²) in [5.41, 5.74) is 5.73. The van der Waals surface area contributed by atoms with E-state index in [9.17, 15) is 22.8 Å². The Labute approximate surface area is 198 Å². The number of primary amides is 1. The smallest absolute Gasteiger partial charge is 0.252 e. The molecule has 2 amide bonds. The fourth-order valence-electron chi connectivity index (χ4n) is 4.65. The summed E-state index contributed by atoms with van der Waals surface area (Å²) in [6.07, 6.45) is 5.63. The number of carbonyl (C=O) groups is 2.